The Hall–Kier alpha value is -0.830. The lowest BCUT2D eigenvalue weighted by Gasteiger charge is -2.41. The number of benzene rings is 1. The van der Waals surface area contributed by atoms with Crippen molar-refractivity contribution in [1.29, 1.82) is 0 Å². The molecule has 1 aromatic rings. The average molecular weight is 266 g/mol. The van der Waals surface area contributed by atoms with Gasteiger partial charge in [-0.15, -0.1) is 0 Å². The van der Waals surface area contributed by atoms with E-state index in [9.17, 15) is 8.42 Å². The maximum atomic E-state index is 12.1. The first kappa shape index (κ1) is 13.6. The summed E-state index contributed by atoms with van der Waals surface area (Å²) in [6.07, 6.45) is 6.95. The summed E-state index contributed by atoms with van der Waals surface area (Å²) in [5.41, 5.74) is 0.464. The van der Waals surface area contributed by atoms with Crippen molar-refractivity contribution in [1.82, 2.24) is 0 Å². The third-order valence-corrected chi connectivity index (χ3v) is 6.20. The highest BCUT2D eigenvalue weighted by Crippen LogP contribution is 2.47. The molecule has 0 radical (unpaired) electrons. The Morgan fingerprint density at radius 1 is 1.17 bits per heavy atom. The Bertz CT molecular complexity index is 467. The monoisotopic (exact) mass is 266 g/mol. The molecule has 0 aliphatic heterocycles. The third-order valence-electron chi connectivity index (χ3n) is 4.39. The van der Waals surface area contributed by atoms with E-state index >= 15 is 0 Å². The molecular formula is C15H22O2S. The molecule has 100 valence electrons. The summed E-state index contributed by atoms with van der Waals surface area (Å²) in [6.45, 7) is 2.23. The second-order valence-electron chi connectivity index (χ2n) is 5.44. The minimum absolute atomic E-state index is 0.290. The summed E-state index contributed by atoms with van der Waals surface area (Å²) in [7, 11) is -3.08. The van der Waals surface area contributed by atoms with E-state index in [1.54, 1.807) is 24.3 Å². The van der Waals surface area contributed by atoms with Gasteiger partial charge in [0.15, 0.2) is 9.84 Å². The normalized spacial score (nSPS) is 18.3. The van der Waals surface area contributed by atoms with Crippen LogP contribution in [0.5, 0.6) is 0 Å². The topological polar surface area (TPSA) is 34.1 Å². The van der Waals surface area contributed by atoms with Crippen LogP contribution in [0.15, 0.2) is 35.2 Å². The molecule has 0 unspecified atom stereocenters. The van der Waals surface area contributed by atoms with Crippen molar-refractivity contribution in [3.63, 3.8) is 0 Å². The molecule has 0 heterocycles. The van der Waals surface area contributed by atoms with Crippen molar-refractivity contribution >= 4 is 9.84 Å². The maximum absolute atomic E-state index is 12.1. The molecule has 0 atom stereocenters. The van der Waals surface area contributed by atoms with Gasteiger partial charge in [-0.3, -0.25) is 0 Å². The summed E-state index contributed by atoms with van der Waals surface area (Å²) < 4.78 is 24.2. The van der Waals surface area contributed by atoms with Crippen molar-refractivity contribution < 1.29 is 8.42 Å². The highest BCUT2D eigenvalue weighted by atomic mass is 32.2. The molecule has 0 amide bonds. The molecule has 1 fully saturated rings. The van der Waals surface area contributed by atoms with Crippen molar-refractivity contribution in [3.05, 3.63) is 30.3 Å². The molecule has 2 rings (SSSR count). The van der Waals surface area contributed by atoms with Crippen LogP contribution in [0.3, 0.4) is 0 Å². The standard InChI is InChI=1S/C15H22O2S/c1-2-15(10-6-11-15)12-7-13-18(16,17)14-8-4-3-5-9-14/h3-5,8-9H,2,6-7,10-13H2,1H3. The van der Waals surface area contributed by atoms with Gasteiger partial charge in [-0.2, -0.15) is 0 Å². The lowest BCUT2D eigenvalue weighted by molar-refractivity contribution is 0.113. The van der Waals surface area contributed by atoms with Gasteiger partial charge in [0.1, 0.15) is 0 Å². The van der Waals surface area contributed by atoms with Crippen LogP contribution in [0.2, 0.25) is 0 Å². The predicted octanol–water partition coefficient (Wildman–Crippen LogP) is 3.82. The quantitative estimate of drug-likeness (QED) is 0.784. The van der Waals surface area contributed by atoms with Crippen LogP contribution in [0, 0.1) is 5.41 Å². The number of hydrogen-bond acceptors (Lipinski definition) is 2. The Morgan fingerprint density at radius 3 is 2.33 bits per heavy atom. The molecule has 0 aromatic heterocycles. The van der Waals surface area contributed by atoms with Crippen LogP contribution >= 0.6 is 0 Å². The molecule has 0 N–H and O–H groups in total. The van der Waals surface area contributed by atoms with Gasteiger partial charge in [0.05, 0.1) is 10.6 Å². The highest BCUT2D eigenvalue weighted by Gasteiger charge is 2.34. The second kappa shape index (κ2) is 5.43. The Morgan fingerprint density at radius 2 is 1.83 bits per heavy atom. The van der Waals surface area contributed by atoms with Crippen molar-refractivity contribution in [3.8, 4) is 0 Å². The van der Waals surface area contributed by atoms with Gasteiger partial charge in [0, 0.05) is 0 Å². The zero-order chi connectivity index (χ0) is 13.1. The van der Waals surface area contributed by atoms with Gasteiger partial charge in [0.2, 0.25) is 0 Å². The van der Waals surface area contributed by atoms with Crippen LogP contribution in [0.1, 0.15) is 45.4 Å². The molecule has 3 heteroatoms. The summed E-state index contributed by atoms with van der Waals surface area (Å²) in [4.78, 5) is 0.462. The molecule has 0 spiro atoms. The predicted molar refractivity (Wildman–Crippen MR) is 74.3 cm³/mol. The minimum Gasteiger partial charge on any atom is -0.224 e. The van der Waals surface area contributed by atoms with E-state index in [0.717, 1.165) is 12.8 Å². The molecule has 1 saturated carbocycles. The zero-order valence-corrected chi connectivity index (χ0v) is 11.9. The largest absolute Gasteiger partial charge is 0.224 e. The van der Waals surface area contributed by atoms with Gasteiger partial charge in [-0.1, -0.05) is 38.0 Å². The zero-order valence-electron chi connectivity index (χ0n) is 11.1. The molecule has 0 saturated heterocycles. The van der Waals surface area contributed by atoms with Crippen molar-refractivity contribution in [2.75, 3.05) is 5.75 Å². The maximum Gasteiger partial charge on any atom is 0.178 e. The average Bonchev–Trinajstić information content (AvgIpc) is 2.34. The Balaban J connectivity index is 1.90. The fourth-order valence-corrected chi connectivity index (χ4v) is 4.17. The summed E-state index contributed by atoms with van der Waals surface area (Å²) in [5, 5.41) is 0. The second-order valence-corrected chi connectivity index (χ2v) is 7.55. The van der Waals surface area contributed by atoms with E-state index in [1.165, 1.54) is 25.7 Å². The van der Waals surface area contributed by atoms with Crippen LogP contribution in [-0.2, 0) is 9.84 Å². The first-order valence-electron chi connectivity index (χ1n) is 6.86. The van der Waals surface area contributed by atoms with E-state index in [4.69, 9.17) is 0 Å². The molecule has 18 heavy (non-hydrogen) atoms. The molecule has 2 nitrogen and oxygen atoms in total. The van der Waals surface area contributed by atoms with Crippen LogP contribution in [0.4, 0.5) is 0 Å². The molecule has 1 aromatic carbocycles. The minimum atomic E-state index is -3.08. The molecule has 0 bridgehead atoms. The molecule has 1 aliphatic carbocycles. The Labute approximate surface area is 110 Å². The van der Waals surface area contributed by atoms with Gasteiger partial charge in [-0.25, -0.2) is 8.42 Å². The first-order chi connectivity index (χ1) is 8.58. The van der Waals surface area contributed by atoms with Gasteiger partial charge in [-0.05, 0) is 43.2 Å². The van der Waals surface area contributed by atoms with Gasteiger partial charge in [0.25, 0.3) is 0 Å². The Kier molecular flexibility index (Phi) is 4.10. The van der Waals surface area contributed by atoms with Crippen molar-refractivity contribution in [2.45, 2.75) is 50.3 Å². The number of sulfone groups is 1. The van der Waals surface area contributed by atoms with Crippen LogP contribution < -0.4 is 0 Å². The van der Waals surface area contributed by atoms with E-state index in [-0.39, 0.29) is 0 Å². The van der Waals surface area contributed by atoms with Crippen LogP contribution in [-0.4, -0.2) is 14.2 Å². The van der Waals surface area contributed by atoms with E-state index in [0.29, 0.717) is 16.1 Å². The molecule has 1 aliphatic rings. The fraction of sp³-hybridized carbons (Fsp3) is 0.600. The fourth-order valence-electron chi connectivity index (χ4n) is 2.84. The van der Waals surface area contributed by atoms with E-state index < -0.39 is 9.84 Å². The highest BCUT2D eigenvalue weighted by molar-refractivity contribution is 7.91. The number of rotatable bonds is 6. The van der Waals surface area contributed by atoms with Gasteiger partial charge >= 0.3 is 0 Å². The molecular weight excluding hydrogens is 244 g/mol. The first-order valence-corrected chi connectivity index (χ1v) is 8.51. The van der Waals surface area contributed by atoms with E-state index in [2.05, 4.69) is 6.92 Å². The lowest BCUT2D eigenvalue weighted by Crippen LogP contribution is -2.29. The summed E-state index contributed by atoms with van der Waals surface area (Å²) >= 11 is 0. The van der Waals surface area contributed by atoms with Gasteiger partial charge < -0.3 is 0 Å². The van der Waals surface area contributed by atoms with Crippen LogP contribution in [0.25, 0.3) is 0 Å². The number of hydrogen-bond donors (Lipinski definition) is 0. The van der Waals surface area contributed by atoms with E-state index in [1.807, 2.05) is 6.07 Å². The van der Waals surface area contributed by atoms with Crippen molar-refractivity contribution in [2.24, 2.45) is 5.41 Å². The smallest absolute Gasteiger partial charge is 0.178 e. The summed E-state index contributed by atoms with van der Waals surface area (Å²) in [6, 6.07) is 8.79. The summed E-state index contributed by atoms with van der Waals surface area (Å²) in [5.74, 6) is 0.290. The third kappa shape index (κ3) is 2.94. The lowest BCUT2D eigenvalue weighted by atomic mass is 9.64. The SMILES string of the molecule is CCC1(CCCS(=O)(=O)c2ccccc2)CCC1.